The lowest BCUT2D eigenvalue weighted by atomic mass is 10.5. The van der Waals surface area contributed by atoms with Gasteiger partial charge in [0, 0.05) is 6.08 Å². The van der Waals surface area contributed by atoms with Crippen LogP contribution in [-0.4, -0.2) is 46.1 Å². The molecule has 2 aromatic heterocycles. The second-order valence-corrected chi connectivity index (χ2v) is 4.44. The van der Waals surface area contributed by atoms with Gasteiger partial charge in [-0.2, -0.15) is 0 Å². The zero-order chi connectivity index (χ0) is 14.5. The van der Waals surface area contributed by atoms with Gasteiger partial charge in [0.25, 0.3) is 0 Å². The van der Waals surface area contributed by atoms with Gasteiger partial charge in [-0.3, -0.25) is 0 Å². The molecule has 2 aromatic rings. The lowest BCUT2D eigenvalue weighted by Crippen LogP contribution is -2.06. The predicted octanol–water partition coefficient (Wildman–Crippen LogP) is 0.675. The molecule has 0 aliphatic carbocycles. The van der Waals surface area contributed by atoms with E-state index in [4.69, 9.17) is 0 Å². The third kappa shape index (κ3) is 2.94. The molecule has 0 bridgehead atoms. The monoisotopic (exact) mass is 294 g/mol. The molecule has 0 fully saturated rings. The molecule has 2 heterocycles. The van der Waals surface area contributed by atoms with E-state index in [1.165, 1.54) is 26.9 Å². The predicted molar refractivity (Wildman–Crippen MR) is 69.7 cm³/mol. The standard InChI is InChI=1S/C11H10N4O4S/c1-18-7(16)3-6(11(17)19-2)20-10-8-9(13-4-12-8)14-5-15-10/h3-5H,1-2H3,(H,12,13,14,15). The van der Waals surface area contributed by atoms with Crippen molar-refractivity contribution in [1.82, 2.24) is 19.9 Å². The van der Waals surface area contributed by atoms with Crippen molar-refractivity contribution >= 4 is 34.9 Å². The minimum atomic E-state index is -0.660. The molecule has 0 aliphatic heterocycles. The molecule has 0 spiro atoms. The number of carbonyl (C=O) groups excluding carboxylic acids is 2. The summed E-state index contributed by atoms with van der Waals surface area (Å²) in [6.07, 6.45) is 3.82. The van der Waals surface area contributed by atoms with Crippen LogP contribution in [-0.2, 0) is 19.1 Å². The topological polar surface area (TPSA) is 107 Å². The molecular weight excluding hydrogens is 284 g/mol. The average molecular weight is 294 g/mol. The maximum Gasteiger partial charge on any atom is 0.345 e. The van der Waals surface area contributed by atoms with Crippen molar-refractivity contribution in [2.24, 2.45) is 0 Å². The van der Waals surface area contributed by atoms with E-state index in [1.54, 1.807) is 0 Å². The van der Waals surface area contributed by atoms with E-state index in [0.717, 1.165) is 17.8 Å². The Hall–Kier alpha value is -2.42. The van der Waals surface area contributed by atoms with Gasteiger partial charge in [-0.05, 0) is 0 Å². The minimum Gasteiger partial charge on any atom is -0.466 e. The number of hydrogen-bond donors (Lipinski definition) is 1. The Kier molecular flexibility index (Phi) is 4.31. The average Bonchev–Trinajstić information content (AvgIpc) is 2.94. The summed E-state index contributed by atoms with van der Waals surface area (Å²) < 4.78 is 9.11. The summed E-state index contributed by atoms with van der Waals surface area (Å²) in [5, 5.41) is 0.452. The number of thioether (sulfide) groups is 1. The molecule has 2 rings (SSSR count). The molecule has 0 radical (unpaired) electrons. The molecule has 0 amide bonds. The Morgan fingerprint density at radius 3 is 2.75 bits per heavy atom. The van der Waals surface area contributed by atoms with Crippen molar-refractivity contribution in [1.29, 1.82) is 0 Å². The number of rotatable bonds is 4. The van der Waals surface area contributed by atoms with E-state index in [0.29, 0.717) is 16.2 Å². The van der Waals surface area contributed by atoms with Gasteiger partial charge in [-0.25, -0.2) is 24.5 Å². The molecule has 0 aliphatic rings. The summed E-state index contributed by atoms with van der Waals surface area (Å²) in [5.41, 5.74) is 1.03. The van der Waals surface area contributed by atoms with Gasteiger partial charge in [-0.1, -0.05) is 11.8 Å². The largest absolute Gasteiger partial charge is 0.466 e. The fourth-order valence-corrected chi connectivity index (χ4v) is 2.20. The van der Waals surface area contributed by atoms with Crippen LogP contribution in [0.3, 0.4) is 0 Å². The number of aromatic nitrogens is 4. The molecule has 20 heavy (non-hydrogen) atoms. The van der Waals surface area contributed by atoms with Crippen LogP contribution in [0.4, 0.5) is 0 Å². The number of H-pyrrole nitrogens is 1. The van der Waals surface area contributed by atoms with Crippen molar-refractivity contribution in [2.75, 3.05) is 14.2 Å². The number of esters is 2. The molecule has 0 saturated heterocycles. The lowest BCUT2D eigenvalue weighted by molar-refractivity contribution is -0.137. The molecule has 0 unspecified atom stereocenters. The van der Waals surface area contributed by atoms with Gasteiger partial charge in [0.05, 0.1) is 20.5 Å². The van der Waals surface area contributed by atoms with Crippen LogP contribution >= 0.6 is 11.8 Å². The third-order valence-corrected chi connectivity index (χ3v) is 3.24. The van der Waals surface area contributed by atoms with Crippen LogP contribution in [0.25, 0.3) is 11.2 Å². The number of carbonyl (C=O) groups is 2. The Labute approximate surface area is 117 Å². The van der Waals surface area contributed by atoms with Gasteiger partial charge in [0.15, 0.2) is 5.65 Å². The van der Waals surface area contributed by atoms with E-state index >= 15 is 0 Å². The van der Waals surface area contributed by atoms with E-state index in [9.17, 15) is 9.59 Å². The van der Waals surface area contributed by atoms with Crippen molar-refractivity contribution in [2.45, 2.75) is 5.03 Å². The van der Waals surface area contributed by atoms with E-state index in [1.807, 2.05) is 0 Å². The highest BCUT2D eigenvalue weighted by atomic mass is 32.2. The summed E-state index contributed by atoms with van der Waals surface area (Å²) >= 11 is 0.963. The summed E-state index contributed by atoms with van der Waals surface area (Å²) in [7, 11) is 2.44. The molecule has 104 valence electrons. The van der Waals surface area contributed by atoms with Crippen molar-refractivity contribution < 1.29 is 19.1 Å². The Bertz CT molecular complexity index is 682. The second kappa shape index (κ2) is 6.15. The zero-order valence-electron chi connectivity index (χ0n) is 10.6. The fourth-order valence-electron chi connectivity index (χ4n) is 1.32. The van der Waals surface area contributed by atoms with Crippen LogP contribution in [0.15, 0.2) is 28.7 Å². The fraction of sp³-hybridized carbons (Fsp3) is 0.182. The Morgan fingerprint density at radius 1 is 1.25 bits per heavy atom. The van der Waals surface area contributed by atoms with Crippen LogP contribution in [0.2, 0.25) is 0 Å². The van der Waals surface area contributed by atoms with Crippen LogP contribution in [0.5, 0.6) is 0 Å². The minimum absolute atomic E-state index is 0.0500. The summed E-state index contributed by atoms with van der Waals surface area (Å²) in [6.45, 7) is 0. The maximum atomic E-state index is 11.7. The highest BCUT2D eigenvalue weighted by Crippen LogP contribution is 2.29. The molecular formula is C11H10N4O4S. The first-order chi connectivity index (χ1) is 9.65. The smallest absolute Gasteiger partial charge is 0.345 e. The van der Waals surface area contributed by atoms with E-state index in [-0.39, 0.29) is 4.91 Å². The van der Waals surface area contributed by atoms with Crippen molar-refractivity contribution in [3.05, 3.63) is 23.6 Å². The molecule has 8 nitrogen and oxygen atoms in total. The number of methoxy groups -OCH3 is 2. The summed E-state index contributed by atoms with van der Waals surface area (Å²) in [6, 6.07) is 0. The number of imidazole rings is 1. The highest BCUT2D eigenvalue weighted by molar-refractivity contribution is 8.04. The first kappa shape index (κ1) is 14.0. The van der Waals surface area contributed by atoms with Gasteiger partial charge in [0.1, 0.15) is 21.8 Å². The van der Waals surface area contributed by atoms with Crippen LogP contribution in [0.1, 0.15) is 0 Å². The number of hydrogen-bond acceptors (Lipinski definition) is 8. The van der Waals surface area contributed by atoms with Gasteiger partial charge >= 0.3 is 11.9 Å². The molecule has 0 aromatic carbocycles. The number of ether oxygens (including phenoxy) is 2. The van der Waals surface area contributed by atoms with Crippen molar-refractivity contribution in [3.8, 4) is 0 Å². The SMILES string of the molecule is COC(=O)C=C(Sc1ncnc2nc[nH]c12)C(=O)OC. The van der Waals surface area contributed by atoms with Crippen molar-refractivity contribution in [3.63, 3.8) is 0 Å². The molecule has 0 saturated carbocycles. The van der Waals surface area contributed by atoms with Gasteiger partial charge < -0.3 is 14.5 Å². The third-order valence-electron chi connectivity index (χ3n) is 2.23. The number of aromatic amines is 1. The quantitative estimate of drug-likeness (QED) is 0.379. The highest BCUT2D eigenvalue weighted by Gasteiger charge is 2.17. The normalized spacial score (nSPS) is 11.4. The lowest BCUT2D eigenvalue weighted by Gasteiger charge is -2.04. The second-order valence-electron chi connectivity index (χ2n) is 3.41. The first-order valence-corrected chi connectivity index (χ1v) is 6.17. The van der Waals surface area contributed by atoms with Gasteiger partial charge in [-0.15, -0.1) is 0 Å². The summed E-state index contributed by atoms with van der Waals surface area (Å²) in [5.74, 6) is -1.32. The Balaban J connectivity index is 2.37. The number of nitrogens with zero attached hydrogens (tertiary/aromatic N) is 3. The number of nitrogens with one attached hydrogen (secondary N) is 1. The van der Waals surface area contributed by atoms with E-state index in [2.05, 4.69) is 29.4 Å². The first-order valence-electron chi connectivity index (χ1n) is 5.35. The van der Waals surface area contributed by atoms with Crippen LogP contribution in [0, 0.1) is 0 Å². The van der Waals surface area contributed by atoms with Gasteiger partial charge in [0.2, 0.25) is 0 Å². The molecule has 1 N–H and O–H groups in total. The molecule has 0 atom stereocenters. The molecule has 9 heteroatoms. The van der Waals surface area contributed by atoms with Crippen LogP contribution < -0.4 is 0 Å². The Morgan fingerprint density at radius 2 is 2.05 bits per heavy atom. The maximum absolute atomic E-state index is 11.7. The number of fused-ring (bicyclic) bond motifs is 1. The zero-order valence-corrected chi connectivity index (χ0v) is 11.4. The van der Waals surface area contributed by atoms with E-state index < -0.39 is 11.9 Å². The summed E-state index contributed by atoms with van der Waals surface area (Å²) in [4.78, 5) is 37.8.